The van der Waals surface area contributed by atoms with Gasteiger partial charge in [-0.1, -0.05) is 24.3 Å². The maximum atomic E-state index is 9.87. The number of aliphatic hydroxyl groups is 1. The van der Waals surface area contributed by atoms with Gasteiger partial charge in [-0.15, -0.1) is 5.10 Å². The van der Waals surface area contributed by atoms with Gasteiger partial charge in [-0.3, -0.25) is 0 Å². The number of nitrogens with zero attached hydrogens (tertiary/aromatic N) is 2. The summed E-state index contributed by atoms with van der Waals surface area (Å²) in [7, 11) is 0. The number of hydrogen-bond donors (Lipinski definition) is 2. The number of nitrogens with one attached hydrogen (secondary N) is 1. The molecule has 1 aromatic heterocycles. The van der Waals surface area contributed by atoms with Crippen LogP contribution >= 0.6 is 0 Å². The van der Waals surface area contributed by atoms with Crippen LogP contribution in [0.15, 0.2) is 24.3 Å². The summed E-state index contributed by atoms with van der Waals surface area (Å²) in [6.45, 7) is 2.50. The zero-order valence-corrected chi connectivity index (χ0v) is 10.4. The van der Waals surface area contributed by atoms with E-state index in [-0.39, 0.29) is 6.10 Å². The number of anilines is 1. The van der Waals surface area contributed by atoms with E-state index in [0.717, 1.165) is 35.1 Å². The van der Waals surface area contributed by atoms with Gasteiger partial charge in [-0.05, 0) is 25.7 Å². The third-order valence-electron chi connectivity index (χ3n) is 3.52. The Kier molecular flexibility index (Phi) is 2.88. The van der Waals surface area contributed by atoms with Crippen LogP contribution in [0.1, 0.15) is 18.5 Å². The minimum Gasteiger partial charge on any atom is -0.391 e. The summed E-state index contributed by atoms with van der Waals surface area (Å²) in [5.74, 6) is 1.23. The predicted octanol–water partition coefficient (Wildman–Crippen LogP) is 2.12. The molecular formula is C14H17N3O. The minimum atomic E-state index is -0.271. The maximum Gasteiger partial charge on any atom is 0.156 e. The van der Waals surface area contributed by atoms with Crippen molar-refractivity contribution in [2.24, 2.45) is 5.92 Å². The molecule has 0 aliphatic heterocycles. The molecule has 1 aliphatic rings. The lowest BCUT2D eigenvalue weighted by molar-refractivity contribution is 0.164. The minimum absolute atomic E-state index is 0.271. The maximum absolute atomic E-state index is 9.87. The Morgan fingerprint density at radius 3 is 2.72 bits per heavy atom. The Hall–Kier alpha value is -1.68. The summed E-state index contributed by atoms with van der Waals surface area (Å²) in [6, 6.07) is 8.07. The zero-order chi connectivity index (χ0) is 12.5. The highest BCUT2D eigenvalue weighted by molar-refractivity contribution is 5.92. The van der Waals surface area contributed by atoms with Crippen molar-refractivity contribution in [2.75, 3.05) is 11.9 Å². The average molecular weight is 243 g/mol. The van der Waals surface area contributed by atoms with Gasteiger partial charge in [-0.2, -0.15) is 5.10 Å². The van der Waals surface area contributed by atoms with E-state index in [1.165, 1.54) is 0 Å². The van der Waals surface area contributed by atoms with Crippen LogP contribution in [0.4, 0.5) is 5.82 Å². The molecule has 1 atom stereocenters. The van der Waals surface area contributed by atoms with Crippen LogP contribution in [0, 0.1) is 12.8 Å². The largest absolute Gasteiger partial charge is 0.391 e. The number of hydrogen-bond acceptors (Lipinski definition) is 4. The van der Waals surface area contributed by atoms with Crippen molar-refractivity contribution in [3.63, 3.8) is 0 Å². The lowest BCUT2D eigenvalue weighted by Crippen LogP contribution is -2.22. The van der Waals surface area contributed by atoms with Crippen molar-refractivity contribution in [1.29, 1.82) is 0 Å². The molecule has 0 radical (unpaired) electrons. The zero-order valence-electron chi connectivity index (χ0n) is 10.4. The number of fused-ring (bicyclic) bond motifs is 1. The van der Waals surface area contributed by atoms with Gasteiger partial charge in [0.1, 0.15) is 0 Å². The van der Waals surface area contributed by atoms with Crippen molar-refractivity contribution < 1.29 is 5.11 Å². The molecule has 0 amide bonds. The molecule has 94 valence electrons. The van der Waals surface area contributed by atoms with E-state index < -0.39 is 0 Å². The van der Waals surface area contributed by atoms with Crippen molar-refractivity contribution in [2.45, 2.75) is 25.9 Å². The second-order valence-electron chi connectivity index (χ2n) is 4.97. The summed E-state index contributed by atoms with van der Waals surface area (Å²) >= 11 is 0. The molecule has 3 rings (SSSR count). The highest BCUT2D eigenvalue weighted by atomic mass is 16.3. The number of aromatic nitrogens is 2. The molecule has 2 N–H and O–H groups in total. The number of rotatable bonds is 4. The first-order valence-corrected chi connectivity index (χ1v) is 6.39. The van der Waals surface area contributed by atoms with Crippen LogP contribution in [0.2, 0.25) is 0 Å². The van der Waals surface area contributed by atoms with Crippen LogP contribution in [0.25, 0.3) is 10.8 Å². The van der Waals surface area contributed by atoms with Crippen molar-refractivity contribution in [1.82, 2.24) is 10.2 Å². The topological polar surface area (TPSA) is 58.0 Å². The standard InChI is InChI=1S/C14H17N3O/c1-9-11-4-2-3-5-12(11)14(17-16-9)15-8-13(18)10-6-7-10/h2-5,10,13,18H,6-8H2,1H3,(H,15,17). The molecule has 2 aromatic rings. The molecule has 4 heteroatoms. The van der Waals surface area contributed by atoms with E-state index in [1.54, 1.807) is 0 Å². The summed E-state index contributed by atoms with van der Waals surface area (Å²) in [4.78, 5) is 0. The molecule has 0 saturated heterocycles. The molecule has 1 heterocycles. The number of aryl methyl sites for hydroxylation is 1. The van der Waals surface area contributed by atoms with Gasteiger partial charge in [0, 0.05) is 17.3 Å². The average Bonchev–Trinajstić information content (AvgIpc) is 3.22. The van der Waals surface area contributed by atoms with E-state index >= 15 is 0 Å². The highest BCUT2D eigenvalue weighted by Crippen LogP contribution is 2.32. The fraction of sp³-hybridized carbons (Fsp3) is 0.429. The van der Waals surface area contributed by atoms with Crippen molar-refractivity contribution in [3.05, 3.63) is 30.0 Å². The fourth-order valence-corrected chi connectivity index (χ4v) is 2.22. The van der Waals surface area contributed by atoms with Crippen LogP contribution in [-0.2, 0) is 0 Å². The molecular weight excluding hydrogens is 226 g/mol. The lowest BCUT2D eigenvalue weighted by Gasteiger charge is -2.12. The van der Waals surface area contributed by atoms with E-state index in [4.69, 9.17) is 0 Å². The summed E-state index contributed by atoms with van der Waals surface area (Å²) in [5.41, 5.74) is 0.930. The molecule has 1 aliphatic carbocycles. The van der Waals surface area contributed by atoms with Crippen LogP contribution < -0.4 is 5.32 Å². The van der Waals surface area contributed by atoms with E-state index in [2.05, 4.69) is 15.5 Å². The van der Waals surface area contributed by atoms with Gasteiger partial charge in [0.25, 0.3) is 0 Å². The van der Waals surface area contributed by atoms with Crippen LogP contribution in [0.3, 0.4) is 0 Å². The Balaban J connectivity index is 1.85. The highest BCUT2D eigenvalue weighted by Gasteiger charge is 2.29. The first kappa shape index (κ1) is 11.4. The molecule has 1 fully saturated rings. The molecule has 0 spiro atoms. The first-order chi connectivity index (χ1) is 8.75. The van der Waals surface area contributed by atoms with Gasteiger partial charge in [-0.25, -0.2) is 0 Å². The Labute approximate surface area is 106 Å². The van der Waals surface area contributed by atoms with Gasteiger partial charge >= 0.3 is 0 Å². The molecule has 1 aromatic carbocycles. The van der Waals surface area contributed by atoms with Crippen molar-refractivity contribution in [3.8, 4) is 0 Å². The smallest absolute Gasteiger partial charge is 0.156 e. The predicted molar refractivity (Wildman–Crippen MR) is 71.5 cm³/mol. The summed E-state index contributed by atoms with van der Waals surface area (Å²) < 4.78 is 0. The summed E-state index contributed by atoms with van der Waals surface area (Å²) in [5, 5.41) is 23.6. The van der Waals surface area contributed by atoms with Crippen LogP contribution in [0.5, 0.6) is 0 Å². The SMILES string of the molecule is Cc1nnc(NCC(O)C2CC2)c2ccccc12. The normalized spacial score (nSPS) is 16.8. The van der Waals surface area contributed by atoms with Crippen LogP contribution in [-0.4, -0.2) is 28.0 Å². The quantitative estimate of drug-likeness (QED) is 0.863. The number of aliphatic hydroxyl groups excluding tert-OH is 1. The third kappa shape index (κ3) is 2.16. The molecule has 0 bridgehead atoms. The fourth-order valence-electron chi connectivity index (χ4n) is 2.22. The Bertz CT molecular complexity index is 566. The second-order valence-corrected chi connectivity index (χ2v) is 4.97. The third-order valence-corrected chi connectivity index (χ3v) is 3.52. The molecule has 4 nitrogen and oxygen atoms in total. The van der Waals surface area contributed by atoms with E-state index in [0.29, 0.717) is 12.5 Å². The monoisotopic (exact) mass is 243 g/mol. The van der Waals surface area contributed by atoms with E-state index in [1.807, 2.05) is 31.2 Å². The lowest BCUT2D eigenvalue weighted by atomic mass is 10.1. The Morgan fingerprint density at radius 1 is 1.28 bits per heavy atom. The Morgan fingerprint density at radius 2 is 2.00 bits per heavy atom. The van der Waals surface area contributed by atoms with Gasteiger partial charge in [0.2, 0.25) is 0 Å². The van der Waals surface area contributed by atoms with Gasteiger partial charge < -0.3 is 10.4 Å². The van der Waals surface area contributed by atoms with Crippen molar-refractivity contribution >= 4 is 16.6 Å². The second kappa shape index (κ2) is 4.53. The van der Waals surface area contributed by atoms with Gasteiger partial charge in [0.05, 0.1) is 11.8 Å². The summed E-state index contributed by atoms with van der Waals surface area (Å²) in [6.07, 6.45) is 2.01. The molecule has 1 saturated carbocycles. The molecule has 1 unspecified atom stereocenters. The van der Waals surface area contributed by atoms with Gasteiger partial charge in [0.15, 0.2) is 5.82 Å². The van der Waals surface area contributed by atoms with E-state index in [9.17, 15) is 5.11 Å². The molecule has 18 heavy (non-hydrogen) atoms. The number of benzene rings is 1. The first-order valence-electron chi connectivity index (χ1n) is 6.39.